The molecular weight excluding hydrogens is 557 g/mol. The summed E-state index contributed by atoms with van der Waals surface area (Å²) in [6.45, 7) is 4.59. The van der Waals surface area contributed by atoms with Crippen molar-refractivity contribution in [2.75, 3.05) is 22.1 Å². The summed E-state index contributed by atoms with van der Waals surface area (Å²) in [5.74, 6) is -2.95. The zero-order chi connectivity index (χ0) is 30.5. The van der Waals surface area contributed by atoms with Gasteiger partial charge >= 0.3 is 12.4 Å². The number of rotatable bonds is 9. The molecular formula is C31H32F5N3O3. The Morgan fingerprint density at radius 2 is 1.69 bits per heavy atom. The van der Waals surface area contributed by atoms with Gasteiger partial charge in [-0.15, -0.1) is 13.2 Å². The van der Waals surface area contributed by atoms with Gasteiger partial charge in [-0.05, 0) is 66.3 Å². The van der Waals surface area contributed by atoms with Crippen LogP contribution in [0.2, 0.25) is 0 Å². The molecule has 224 valence electrons. The van der Waals surface area contributed by atoms with Crippen molar-refractivity contribution in [3.8, 4) is 16.9 Å². The third kappa shape index (κ3) is 8.20. The van der Waals surface area contributed by atoms with Gasteiger partial charge in [0.1, 0.15) is 5.75 Å². The third-order valence-corrected chi connectivity index (χ3v) is 6.99. The summed E-state index contributed by atoms with van der Waals surface area (Å²) >= 11 is 0. The number of carbonyl (C=O) groups is 2. The third-order valence-electron chi connectivity index (χ3n) is 6.99. The Kier molecular flexibility index (Phi) is 9.38. The first-order valence-corrected chi connectivity index (χ1v) is 13.6. The molecule has 0 radical (unpaired) electrons. The van der Waals surface area contributed by atoms with E-state index in [9.17, 15) is 31.5 Å². The van der Waals surface area contributed by atoms with Crippen molar-refractivity contribution in [1.82, 2.24) is 0 Å². The lowest BCUT2D eigenvalue weighted by atomic mass is 9.90. The summed E-state index contributed by atoms with van der Waals surface area (Å²) in [6.07, 6.45) is -3.99. The van der Waals surface area contributed by atoms with Crippen LogP contribution in [0.5, 0.6) is 5.75 Å². The maximum atomic E-state index is 14.0. The second-order valence-electron chi connectivity index (χ2n) is 10.7. The lowest BCUT2D eigenvalue weighted by molar-refractivity contribution is -0.274. The lowest BCUT2D eigenvalue weighted by Crippen LogP contribution is -2.43. The highest BCUT2D eigenvalue weighted by molar-refractivity contribution is 6.03. The van der Waals surface area contributed by atoms with Gasteiger partial charge in [-0.25, -0.2) is 13.6 Å². The fourth-order valence-corrected chi connectivity index (χ4v) is 5.12. The quantitative estimate of drug-likeness (QED) is 0.193. The minimum absolute atomic E-state index is 0.176. The van der Waals surface area contributed by atoms with Gasteiger partial charge in [-0.2, -0.15) is 0 Å². The van der Waals surface area contributed by atoms with Crippen LogP contribution in [-0.4, -0.2) is 37.2 Å². The number of ether oxygens (including phenoxy) is 1. The van der Waals surface area contributed by atoms with Crippen molar-refractivity contribution < 1.29 is 36.3 Å². The number of benzene rings is 3. The molecule has 0 unspecified atom stereocenters. The molecule has 0 saturated heterocycles. The van der Waals surface area contributed by atoms with E-state index < -0.39 is 24.1 Å². The molecule has 0 spiro atoms. The van der Waals surface area contributed by atoms with E-state index in [1.807, 2.05) is 30.9 Å². The van der Waals surface area contributed by atoms with Crippen LogP contribution in [0, 0.1) is 5.92 Å². The Labute approximate surface area is 240 Å². The minimum Gasteiger partial charge on any atom is -0.406 e. The molecule has 42 heavy (non-hydrogen) atoms. The van der Waals surface area contributed by atoms with E-state index in [0.717, 1.165) is 18.4 Å². The molecule has 0 atom stereocenters. The Balaban J connectivity index is 1.66. The molecule has 0 bridgehead atoms. The van der Waals surface area contributed by atoms with Crippen molar-refractivity contribution in [3.63, 3.8) is 0 Å². The first kappa shape index (κ1) is 30.8. The monoisotopic (exact) mass is 589 g/mol. The van der Waals surface area contributed by atoms with Crippen LogP contribution in [0.3, 0.4) is 0 Å². The molecule has 1 aliphatic rings. The van der Waals surface area contributed by atoms with E-state index in [1.54, 1.807) is 30.3 Å². The molecule has 6 nitrogen and oxygen atoms in total. The number of hydrogen-bond donors (Lipinski definition) is 2. The van der Waals surface area contributed by atoms with Crippen molar-refractivity contribution in [2.24, 2.45) is 5.92 Å². The number of amides is 2. The number of carbonyl (C=O) groups excluding carboxylic acids is 2. The predicted molar refractivity (Wildman–Crippen MR) is 152 cm³/mol. The van der Waals surface area contributed by atoms with E-state index in [0.29, 0.717) is 34.6 Å². The normalized spacial score (nSPS) is 15.2. The maximum Gasteiger partial charge on any atom is 0.573 e. The van der Waals surface area contributed by atoms with Gasteiger partial charge < -0.3 is 20.3 Å². The zero-order valence-electron chi connectivity index (χ0n) is 23.2. The van der Waals surface area contributed by atoms with E-state index in [-0.39, 0.29) is 43.3 Å². The molecule has 3 aromatic carbocycles. The van der Waals surface area contributed by atoms with Gasteiger partial charge in [0, 0.05) is 36.7 Å². The SMILES string of the molecule is CC(C)CN(c1ccc(-c2ccccc2C=O)cc1NC(=O)Nc1ccc(OC(F)(F)F)cc1)C1CCC(F)(F)CC1. The van der Waals surface area contributed by atoms with Crippen molar-refractivity contribution >= 4 is 29.4 Å². The molecule has 11 heteroatoms. The smallest absolute Gasteiger partial charge is 0.406 e. The number of aldehydes is 1. The fourth-order valence-electron chi connectivity index (χ4n) is 5.12. The lowest BCUT2D eigenvalue weighted by Gasteiger charge is -2.40. The second-order valence-corrected chi connectivity index (χ2v) is 10.7. The molecule has 2 N–H and O–H groups in total. The van der Waals surface area contributed by atoms with Crippen molar-refractivity contribution in [3.05, 3.63) is 72.3 Å². The molecule has 0 aromatic heterocycles. The number of urea groups is 1. The molecule has 0 heterocycles. The van der Waals surface area contributed by atoms with Gasteiger partial charge in [0.25, 0.3) is 0 Å². The van der Waals surface area contributed by atoms with Crippen LogP contribution < -0.4 is 20.3 Å². The number of anilines is 3. The predicted octanol–water partition coefficient (Wildman–Crippen LogP) is 8.75. The number of nitrogens with zero attached hydrogens (tertiary/aromatic N) is 1. The van der Waals surface area contributed by atoms with Gasteiger partial charge in [0.05, 0.1) is 11.4 Å². The Hall–Kier alpha value is -4.15. The molecule has 1 saturated carbocycles. The summed E-state index contributed by atoms with van der Waals surface area (Å²) in [7, 11) is 0. The first-order chi connectivity index (χ1) is 19.8. The van der Waals surface area contributed by atoms with Gasteiger partial charge in [-0.3, -0.25) is 4.79 Å². The first-order valence-electron chi connectivity index (χ1n) is 13.6. The largest absolute Gasteiger partial charge is 0.573 e. The molecule has 4 rings (SSSR count). The topological polar surface area (TPSA) is 70.7 Å². The van der Waals surface area contributed by atoms with E-state index in [1.165, 1.54) is 12.1 Å². The van der Waals surface area contributed by atoms with Crippen molar-refractivity contribution in [1.29, 1.82) is 0 Å². The van der Waals surface area contributed by atoms with Crippen LogP contribution in [0.15, 0.2) is 66.7 Å². The van der Waals surface area contributed by atoms with E-state index in [2.05, 4.69) is 15.4 Å². The highest BCUT2D eigenvalue weighted by Gasteiger charge is 2.37. The zero-order valence-corrected chi connectivity index (χ0v) is 23.2. The summed E-state index contributed by atoms with van der Waals surface area (Å²) in [4.78, 5) is 26.9. The van der Waals surface area contributed by atoms with E-state index >= 15 is 0 Å². The van der Waals surface area contributed by atoms with Crippen LogP contribution in [-0.2, 0) is 0 Å². The van der Waals surface area contributed by atoms with Gasteiger partial charge in [0.15, 0.2) is 6.29 Å². The average molecular weight is 590 g/mol. The maximum absolute atomic E-state index is 14.0. The highest BCUT2D eigenvalue weighted by Crippen LogP contribution is 2.40. The minimum atomic E-state index is -4.84. The van der Waals surface area contributed by atoms with Crippen molar-refractivity contribution in [2.45, 2.75) is 57.9 Å². The Morgan fingerprint density at radius 3 is 2.31 bits per heavy atom. The summed E-state index contributed by atoms with van der Waals surface area (Å²) in [5, 5.41) is 5.43. The highest BCUT2D eigenvalue weighted by atomic mass is 19.4. The Bertz CT molecular complexity index is 1380. The fraction of sp³-hybridized carbons (Fsp3) is 0.355. The Morgan fingerprint density at radius 1 is 1.02 bits per heavy atom. The van der Waals surface area contributed by atoms with E-state index in [4.69, 9.17) is 0 Å². The van der Waals surface area contributed by atoms with Gasteiger partial charge in [0.2, 0.25) is 5.92 Å². The average Bonchev–Trinajstić information content (AvgIpc) is 2.92. The molecule has 1 fully saturated rings. The van der Waals surface area contributed by atoms with Crippen LogP contribution in [0.1, 0.15) is 49.9 Å². The van der Waals surface area contributed by atoms with Crippen LogP contribution >= 0.6 is 0 Å². The second kappa shape index (κ2) is 12.8. The van der Waals surface area contributed by atoms with Gasteiger partial charge in [-0.1, -0.05) is 44.2 Å². The number of nitrogens with one attached hydrogen (secondary N) is 2. The summed E-state index contributed by atoms with van der Waals surface area (Å²) < 4.78 is 69.4. The number of alkyl halides is 5. The van der Waals surface area contributed by atoms with Crippen LogP contribution in [0.4, 0.5) is 43.8 Å². The molecule has 1 aliphatic carbocycles. The summed E-state index contributed by atoms with van der Waals surface area (Å²) in [6, 6.07) is 16.2. The number of hydrogen-bond acceptors (Lipinski definition) is 4. The van der Waals surface area contributed by atoms with Crippen LogP contribution in [0.25, 0.3) is 11.1 Å². The molecule has 0 aliphatic heterocycles. The number of halogens is 5. The standard InChI is InChI=1S/C31H32F5N3O3/c1-20(2)18-39(24-13-15-30(32,33)16-14-24)28-12-7-21(26-6-4-3-5-22(26)19-40)17-27(28)38-29(41)37-23-8-10-25(11-9-23)42-31(34,35)36/h3-12,17,19-20,24H,13-16,18H2,1-2H3,(H2,37,38,41). The summed E-state index contributed by atoms with van der Waals surface area (Å²) in [5.41, 5.74) is 3.01. The molecule has 2 amide bonds. The molecule has 3 aromatic rings.